The lowest BCUT2D eigenvalue weighted by Crippen LogP contribution is -2.28. The Balaban J connectivity index is 1.73. The molecule has 3 aromatic rings. The molecule has 0 saturated carbocycles. The number of para-hydroxylation sites is 2. The van der Waals surface area contributed by atoms with Gasteiger partial charge in [-0.15, -0.1) is 0 Å². The lowest BCUT2D eigenvalue weighted by Gasteiger charge is -2.13. The SMILES string of the molecule is CCCCOc1ccc(NC(=O)Cn2c(=O)cnc3ccccc32)c(C)c1. The van der Waals surface area contributed by atoms with Gasteiger partial charge in [0.2, 0.25) is 5.91 Å². The van der Waals surface area contributed by atoms with Crippen molar-refractivity contribution in [3.8, 4) is 5.75 Å². The minimum absolute atomic E-state index is 0.0734. The molecule has 1 heterocycles. The first-order chi connectivity index (χ1) is 13.1. The number of hydrogen-bond donors (Lipinski definition) is 1. The Hall–Kier alpha value is -3.15. The number of hydrogen-bond acceptors (Lipinski definition) is 4. The number of nitrogens with one attached hydrogen (secondary N) is 1. The second-order valence-electron chi connectivity index (χ2n) is 6.40. The molecule has 27 heavy (non-hydrogen) atoms. The lowest BCUT2D eigenvalue weighted by atomic mass is 10.2. The molecule has 1 amide bonds. The summed E-state index contributed by atoms with van der Waals surface area (Å²) in [5, 5.41) is 2.87. The van der Waals surface area contributed by atoms with E-state index in [0.717, 1.165) is 24.2 Å². The van der Waals surface area contributed by atoms with Gasteiger partial charge in [0.15, 0.2) is 0 Å². The van der Waals surface area contributed by atoms with E-state index >= 15 is 0 Å². The van der Waals surface area contributed by atoms with Crippen LogP contribution in [-0.2, 0) is 11.3 Å². The predicted molar refractivity (Wildman–Crippen MR) is 106 cm³/mol. The summed E-state index contributed by atoms with van der Waals surface area (Å²) in [6.45, 7) is 4.64. The minimum Gasteiger partial charge on any atom is -0.494 e. The molecule has 0 radical (unpaired) electrons. The maximum atomic E-state index is 12.5. The number of aromatic nitrogens is 2. The van der Waals surface area contributed by atoms with Gasteiger partial charge < -0.3 is 10.1 Å². The molecule has 0 aliphatic carbocycles. The zero-order valence-electron chi connectivity index (χ0n) is 15.6. The number of carbonyl (C=O) groups is 1. The van der Waals surface area contributed by atoms with Gasteiger partial charge >= 0.3 is 0 Å². The van der Waals surface area contributed by atoms with Gasteiger partial charge in [-0.2, -0.15) is 0 Å². The molecule has 0 unspecified atom stereocenters. The van der Waals surface area contributed by atoms with Gasteiger partial charge in [0.25, 0.3) is 5.56 Å². The van der Waals surface area contributed by atoms with Crippen LogP contribution in [0.15, 0.2) is 53.5 Å². The van der Waals surface area contributed by atoms with Gasteiger partial charge in [0.05, 0.1) is 23.8 Å². The second kappa shape index (κ2) is 8.49. The monoisotopic (exact) mass is 365 g/mol. The first-order valence-electron chi connectivity index (χ1n) is 9.06. The van der Waals surface area contributed by atoms with Crippen LogP contribution in [0.4, 0.5) is 5.69 Å². The van der Waals surface area contributed by atoms with Crippen molar-refractivity contribution in [2.24, 2.45) is 0 Å². The van der Waals surface area contributed by atoms with E-state index in [2.05, 4.69) is 17.2 Å². The highest BCUT2D eigenvalue weighted by molar-refractivity contribution is 5.92. The molecular weight excluding hydrogens is 342 g/mol. The first kappa shape index (κ1) is 18.6. The number of nitrogens with zero attached hydrogens (tertiary/aromatic N) is 2. The molecule has 0 aliphatic heterocycles. The maximum absolute atomic E-state index is 12.5. The molecular formula is C21H23N3O3. The molecule has 3 rings (SSSR count). The third kappa shape index (κ3) is 4.53. The molecule has 0 saturated heterocycles. The predicted octanol–water partition coefficient (Wildman–Crippen LogP) is 3.52. The highest BCUT2D eigenvalue weighted by Crippen LogP contribution is 2.21. The minimum atomic E-state index is -0.305. The summed E-state index contributed by atoms with van der Waals surface area (Å²) in [7, 11) is 0. The Labute approximate surface area is 157 Å². The number of ether oxygens (including phenoxy) is 1. The van der Waals surface area contributed by atoms with Crippen LogP contribution in [0.25, 0.3) is 11.0 Å². The van der Waals surface area contributed by atoms with Crippen LogP contribution >= 0.6 is 0 Å². The van der Waals surface area contributed by atoms with Gasteiger partial charge in [0, 0.05) is 5.69 Å². The van der Waals surface area contributed by atoms with Crippen LogP contribution in [0.2, 0.25) is 0 Å². The van der Waals surface area contributed by atoms with Crippen molar-refractivity contribution >= 4 is 22.6 Å². The van der Waals surface area contributed by atoms with E-state index in [0.29, 0.717) is 23.3 Å². The molecule has 0 aliphatic rings. The number of aryl methyl sites for hydroxylation is 1. The fourth-order valence-electron chi connectivity index (χ4n) is 2.81. The number of amides is 1. The van der Waals surface area contributed by atoms with Crippen molar-refractivity contribution in [2.75, 3.05) is 11.9 Å². The highest BCUT2D eigenvalue weighted by atomic mass is 16.5. The average Bonchev–Trinajstić information content (AvgIpc) is 2.66. The van der Waals surface area contributed by atoms with Crippen molar-refractivity contribution in [1.82, 2.24) is 9.55 Å². The summed E-state index contributed by atoms with van der Waals surface area (Å²) >= 11 is 0. The zero-order valence-corrected chi connectivity index (χ0v) is 15.6. The van der Waals surface area contributed by atoms with Gasteiger partial charge in [-0.1, -0.05) is 25.5 Å². The third-order valence-electron chi connectivity index (χ3n) is 4.29. The van der Waals surface area contributed by atoms with E-state index in [1.165, 1.54) is 10.8 Å². The molecule has 0 fully saturated rings. The fraction of sp³-hybridized carbons (Fsp3) is 0.286. The first-order valence-corrected chi connectivity index (χ1v) is 9.06. The number of benzene rings is 2. The van der Waals surface area contributed by atoms with Crippen LogP contribution in [0.1, 0.15) is 25.3 Å². The Morgan fingerprint density at radius 1 is 1.22 bits per heavy atom. The topological polar surface area (TPSA) is 73.2 Å². The molecule has 2 aromatic carbocycles. The number of carbonyl (C=O) groups excluding carboxylic acids is 1. The summed E-state index contributed by atoms with van der Waals surface area (Å²) in [5.41, 5.74) is 2.62. The average molecular weight is 365 g/mol. The summed E-state index contributed by atoms with van der Waals surface area (Å²) in [6.07, 6.45) is 3.33. The number of fused-ring (bicyclic) bond motifs is 1. The smallest absolute Gasteiger partial charge is 0.269 e. The van der Waals surface area contributed by atoms with Crippen LogP contribution < -0.4 is 15.6 Å². The van der Waals surface area contributed by atoms with Crippen molar-refractivity contribution < 1.29 is 9.53 Å². The molecule has 6 nitrogen and oxygen atoms in total. The highest BCUT2D eigenvalue weighted by Gasteiger charge is 2.10. The van der Waals surface area contributed by atoms with Gasteiger partial charge in [0.1, 0.15) is 12.3 Å². The van der Waals surface area contributed by atoms with Crippen molar-refractivity contribution in [3.05, 3.63) is 64.6 Å². The Morgan fingerprint density at radius 3 is 2.81 bits per heavy atom. The number of unbranched alkanes of at least 4 members (excludes halogenated alkanes) is 1. The van der Waals surface area contributed by atoms with Crippen LogP contribution in [0.3, 0.4) is 0 Å². The summed E-state index contributed by atoms with van der Waals surface area (Å²) in [6, 6.07) is 12.8. The van der Waals surface area contributed by atoms with E-state index in [1.807, 2.05) is 43.3 Å². The molecule has 140 valence electrons. The van der Waals surface area contributed by atoms with E-state index in [4.69, 9.17) is 4.74 Å². The van der Waals surface area contributed by atoms with Crippen molar-refractivity contribution in [1.29, 1.82) is 0 Å². The van der Waals surface area contributed by atoms with Crippen LogP contribution in [0, 0.1) is 6.92 Å². The second-order valence-corrected chi connectivity index (χ2v) is 6.40. The summed E-state index contributed by atoms with van der Waals surface area (Å²) < 4.78 is 7.11. The van der Waals surface area contributed by atoms with E-state index in [9.17, 15) is 9.59 Å². The standard InChI is InChI=1S/C21H23N3O3/c1-3-4-11-27-16-9-10-17(15(2)12-16)23-20(25)14-24-19-8-6-5-7-18(19)22-13-21(24)26/h5-10,12-13H,3-4,11,14H2,1-2H3,(H,23,25). The van der Waals surface area contributed by atoms with Crippen molar-refractivity contribution in [2.45, 2.75) is 33.2 Å². The van der Waals surface area contributed by atoms with E-state index in [1.54, 1.807) is 6.07 Å². The van der Waals surface area contributed by atoms with Gasteiger partial charge in [-0.05, 0) is 49.2 Å². The van der Waals surface area contributed by atoms with E-state index in [-0.39, 0.29) is 18.0 Å². The number of anilines is 1. The normalized spacial score (nSPS) is 10.7. The lowest BCUT2D eigenvalue weighted by molar-refractivity contribution is -0.116. The van der Waals surface area contributed by atoms with Gasteiger partial charge in [-0.3, -0.25) is 14.2 Å². The summed E-state index contributed by atoms with van der Waals surface area (Å²) in [4.78, 5) is 28.8. The Bertz CT molecular complexity index is 1010. The fourth-order valence-corrected chi connectivity index (χ4v) is 2.81. The molecule has 6 heteroatoms. The largest absolute Gasteiger partial charge is 0.494 e. The maximum Gasteiger partial charge on any atom is 0.269 e. The van der Waals surface area contributed by atoms with Crippen LogP contribution in [-0.4, -0.2) is 22.1 Å². The Morgan fingerprint density at radius 2 is 2.04 bits per heavy atom. The molecule has 1 aromatic heterocycles. The molecule has 1 N–H and O–H groups in total. The zero-order chi connectivity index (χ0) is 19.2. The third-order valence-corrected chi connectivity index (χ3v) is 4.29. The molecule has 0 spiro atoms. The molecule has 0 bridgehead atoms. The quantitative estimate of drug-likeness (QED) is 0.650. The number of rotatable bonds is 7. The van der Waals surface area contributed by atoms with E-state index < -0.39 is 0 Å². The van der Waals surface area contributed by atoms with Crippen molar-refractivity contribution in [3.63, 3.8) is 0 Å². The Kier molecular flexibility index (Phi) is 5.86. The molecule has 0 atom stereocenters. The van der Waals surface area contributed by atoms with Gasteiger partial charge in [-0.25, -0.2) is 4.98 Å². The van der Waals surface area contributed by atoms with Crippen LogP contribution in [0.5, 0.6) is 5.75 Å². The summed E-state index contributed by atoms with van der Waals surface area (Å²) in [5.74, 6) is 0.520.